The van der Waals surface area contributed by atoms with Crippen molar-refractivity contribution < 1.29 is 13.2 Å². The molecule has 0 fully saturated rings. The van der Waals surface area contributed by atoms with Crippen molar-refractivity contribution in [3.63, 3.8) is 0 Å². The van der Waals surface area contributed by atoms with Gasteiger partial charge in [0.2, 0.25) is 0 Å². The third kappa shape index (κ3) is 3.57. The molecule has 0 saturated heterocycles. The zero-order valence-corrected chi connectivity index (χ0v) is 14.8. The Kier molecular flexibility index (Phi) is 4.43. The van der Waals surface area contributed by atoms with Crippen LogP contribution in [0.3, 0.4) is 0 Å². The molecule has 140 valence electrons. The van der Waals surface area contributed by atoms with Gasteiger partial charge >= 0.3 is 6.18 Å². The number of pyridine rings is 1. The number of H-pyrrole nitrogens is 1. The van der Waals surface area contributed by atoms with Gasteiger partial charge in [-0.3, -0.25) is 5.10 Å². The van der Waals surface area contributed by atoms with Crippen molar-refractivity contribution in [2.75, 3.05) is 16.8 Å². The highest BCUT2D eigenvalue weighted by molar-refractivity contribution is 6.32. The number of benzene rings is 1. The molecule has 0 atom stereocenters. The van der Waals surface area contributed by atoms with E-state index in [2.05, 4.69) is 25.4 Å². The highest BCUT2D eigenvalue weighted by Gasteiger charge is 2.30. The predicted molar refractivity (Wildman–Crippen MR) is 97.3 cm³/mol. The van der Waals surface area contributed by atoms with E-state index in [1.165, 1.54) is 12.1 Å². The molecule has 9 heteroatoms. The van der Waals surface area contributed by atoms with E-state index in [1.54, 1.807) is 18.3 Å². The van der Waals surface area contributed by atoms with E-state index in [0.717, 1.165) is 29.2 Å². The molecule has 0 amide bonds. The highest BCUT2D eigenvalue weighted by Crippen LogP contribution is 2.33. The van der Waals surface area contributed by atoms with Crippen molar-refractivity contribution >= 4 is 28.9 Å². The van der Waals surface area contributed by atoms with Gasteiger partial charge in [0.25, 0.3) is 0 Å². The molecule has 1 aliphatic rings. The van der Waals surface area contributed by atoms with E-state index in [9.17, 15) is 13.2 Å². The molecule has 0 unspecified atom stereocenters. The van der Waals surface area contributed by atoms with Crippen molar-refractivity contribution in [2.24, 2.45) is 0 Å². The molecule has 2 aromatic heterocycles. The molecule has 4 rings (SSSR count). The first kappa shape index (κ1) is 17.7. The fourth-order valence-electron chi connectivity index (χ4n) is 3.09. The van der Waals surface area contributed by atoms with Gasteiger partial charge in [-0.1, -0.05) is 11.6 Å². The topological polar surface area (TPSA) is 56.8 Å². The van der Waals surface area contributed by atoms with Crippen LogP contribution >= 0.6 is 11.6 Å². The lowest BCUT2D eigenvalue weighted by atomic mass is 10.1. The summed E-state index contributed by atoms with van der Waals surface area (Å²) in [7, 11) is 0. The lowest BCUT2D eigenvalue weighted by Crippen LogP contribution is -2.31. The lowest BCUT2D eigenvalue weighted by molar-refractivity contribution is -0.137. The summed E-state index contributed by atoms with van der Waals surface area (Å²) >= 11 is 6.22. The van der Waals surface area contributed by atoms with Crippen LogP contribution in [0.2, 0.25) is 5.02 Å². The number of hydrogen-bond acceptors (Lipinski definition) is 4. The smallest absolute Gasteiger partial charge is 0.349 e. The van der Waals surface area contributed by atoms with Gasteiger partial charge < -0.3 is 10.2 Å². The number of nitrogens with zero attached hydrogens (tertiary/aromatic N) is 3. The minimum absolute atomic E-state index is 0.549. The third-order valence-corrected chi connectivity index (χ3v) is 4.74. The summed E-state index contributed by atoms with van der Waals surface area (Å²) in [5.74, 6) is 1.34. The second-order valence-corrected chi connectivity index (χ2v) is 6.62. The normalized spacial score (nSPS) is 14.1. The number of anilines is 3. The van der Waals surface area contributed by atoms with Gasteiger partial charge in [0, 0.05) is 24.0 Å². The molecule has 1 aromatic carbocycles. The summed E-state index contributed by atoms with van der Waals surface area (Å²) in [5, 5.41) is 10.9. The largest absolute Gasteiger partial charge is 0.416 e. The van der Waals surface area contributed by atoms with Gasteiger partial charge in [-0.2, -0.15) is 18.3 Å². The Morgan fingerprint density at radius 1 is 1.15 bits per heavy atom. The van der Waals surface area contributed by atoms with Gasteiger partial charge in [0.15, 0.2) is 5.82 Å². The zero-order chi connectivity index (χ0) is 19.0. The van der Waals surface area contributed by atoms with Crippen LogP contribution in [-0.4, -0.2) is 21.7 Å². The predicted octanol–water partition coefficient (Wildman–Crippen LogP) is 4.78. The van der Waals surface area contributed by atoms with Crippen molar-refractivity contribution in [3.05, 3.63) is 64.4 Å². The number of nitrogens with one attached hydrogen (secondary N) is 2. The Balaban J connectivity index is 1.51. The van der Waals surface area contributed by atoms with Crippen LogP contribution in [0.15, 0.2) is 42.6 Å². The van der Waals surface area contributed by atoms with Crippen LogP contribution in [0.4, 0.5) is 30.5 Å². The van der Waals surface area contributed by atoms with E-state index in [1.807, 2.05) is 0 Å². The maximum atomic E-state index is 12.7. The number of aromatic amines is 1. The number of halogens is 4. The van der Waals surface area contributed by atoms with E-state index in [0.29, 0.717) is 36.0 Å². The van der Waals surface area contributed by atoms with Crippen molar-refractivity contribution in [3.8, 4) is 0 Å². The number of fused-ring (bicyclic) bond motifs is 1. The molecule has 0 radical (unpaired) electrons. The van der Waals surface area contributed by atoms with Crippen molar-refractivity contribution in [1.82, 2.24) is 15.2 Å². The van der Waals surface area contributed by atoms with Gasteiger partial charge in [0.05, 0.1) is 22.8 Å². The monoisotopic (exact) mass is 393 g/mol. The molecule has 27 heavy (non-hydrogen) atoms. The first-order valence-electron chi connectivity index (χ1n) is 8.27. The van der Waals surface area contributed by atoms with Gasteiger partial charge in [-0.25, -0.2) is 4.98 Å². The van der Waals surface area contributed by atoms with Gasteiger partial charge in [0.1, 0.15) is 5.82 Å². The maximum Gasteiger partial charge on any atom is 0.416 e. The molecule has 0 bridgehead atoms. The molecule has 3 aromatic rings. The number of aromatic nitrogens is 3. The van der Waals surface area contributed by atoms with Gasteiger partial charge in [-0.05, 0) is 42.8 Å². The Hall–Kier alpha value is -2.74. The van der Waals surface area contributed by atoms with E-state index >= 15 is 0 Å². The minimum Gasteiger partial charge on any atom is -0.349 e. The summed E-state index contributed by atoms with van der Waals surface area (Å²) in [6.07, 6.45) is -1.94. The molecule has 2 N–H and O–H groups in total. The number of hydrogen-bond donors (Lipinski definition) is 2. The van der Waals surface area contributed by atoms with Crippen LogP contribution in [0.25, 0.3) is 0 Å². The fraction of sp³-hybridized carbons (Fsp3) is 0.222. The first-order chi connectivity index (χ1) is 12.9. The SMILES string of the molecule is FC(F)(F)c1ccc(Nc2n[nH]c3c2CCN(c2ncccc2Cl)C3)cc1. The molecule has 0 spiro atoms. The third-order valence-electron chi connectivity index (χ3n) is 4.45. The molecule has 0 aliphatic carbocycles. The Morgan fingerprint density at radius 3 is 2.63 bits per heavy atom. The molecular weight excluding hydrogens is 379 g/mol. The number of rotatable bonds is 3. The molecular formula is C18H15ClF3N5. The van der Waals surface area contributed by atoms with Crippen LogP contribution in [0.1, 0.15) is 16.8 Å². The molecule has 3 heterocycles. The van der Waals surface area contributed by atoms with Crippen molar-refractivity contribution in [2.45, 2.75) is 19.1 Å². The van der Waals surface area contributed by atoms with Crippen LogP contribution in [0.5, 0.6) is 0 Å². The summed E-state index contributed by atoms with van der Waals surface area (Å²) in [6.45, 7) is 1.29. The molecule has 5 nitrogen and oxygen atoms in total. The first-order valence-corrected chi connectivity index (χ1v) is 8.65. The van der Waals surface area contributed by atoms with E-state index in [-0.39, 0.29) is 0 Å². The minimum atomic E-state index is -4.35. The second-order valence-electron chi connectivity index (χ2n) is 6.21. The lowest BCUT2D eigenvalue weighted by Gasteiger charge is -2.28. The van der Waals surface area contributed by atoms with Crippen LogP contribution in [0, 0.1) is 0 Å². The average molecular weight is 394 g/mol. The average Bonchev–Trinajstić information content (AvgIpc) is 3.04. The van der Waals surface area contributed by atoms with E-state index < -0.39 is 11.7 Å². The Bertz CT molecular complexity index is 952. The van der Waals surface area contributed by atoms with Crippen LogP contribution in [-0.2, 0) is 19.1 Å². The van der Waals surface area contributed by atoms with Crippen LogP contribution < -0.4 is 10.2 Å². The molecule has 0 saturated carbocycles. The molecule has 1 aliphatic heterocycles. The summed E-state index contributed by atoms with van der Waals surface area (Å²) in [6, 6.07) is 8.46. The fourth-order valence-corrected chi connectivity index (χ4v) is 3.33. The Labute approximate surface area is 158 Å². The zero-order valence-electron chi connectivity index (χ0n) is 14.0. The van der Waals surface area contributed by atoms with Crippen molar-refractivity contribution in [1.29, 1.82) is 0 Å². The summed E-state index contributed by atoms with van der Waals surface area (Å²) < 4.78 is 38.0. The van der Waals surface area contributed by atoms with E-state index in [4.69, 9.17) is 11.6 Å². The van der Waals surface area contributed by atoms with Gasteiger partial charge in [-0.15, -0.1) is 0 Å². The quantitative estimate of drug-likeness (QED) is 0.672. The maximum absolute atomic E-state index is 12.7. The highest BCUT2D eigenvalue weighted by atomic mass is 35.5. The Morgan fingerprint density at radius 2 is 1.93 bits per heavy atom. The summed E-state index contributed by atoms with van der Waals surface area (Å²) in [5.41, 5.74) is 1.81. The number of alkyl halides is 3. The second kappa shape index (κ2) is 6.77. The summed E-state index contributed by atoms with van der Waals surface area (Å²) in [4.78, 5) is 6.39. The standard InChI is InChI=1S/C18H15ClF3N5/c19-14-2-1-8-23-17(14)27-9-7-13-15(10-27)25-26-16(13)24-12-5-3-11(4-6-12)18(20,21)22/h1-6,8H,7,9-10H2,(H2,24,25,26).